The Labute approximate surface area is 137 Å². The molecule has 0 saturated heterocycles. The molecule has 2 bridgehead atoms. The number of nitrogens with two attached hydrogens (primary N) is 1. The summed E-state index contributed by atoms with van der Waals surface area (Å²) in [5, 5.41) is 1.90. The van der Waals surface area contributed by atoms with E-state index in [0.29, 0.717) is 5.69 Å². The molecule has 0 aliphatic carbocycles. The van der Waals surface area contributed by atoms with Crippen molar-refractivity contribution in [2.45, 2.75) is 6.92 Å². The molecule has 4 aromatic rings. The number of aromatic nitrogens is 1. The SMILES string of the molecule is COc1cc(N)c2nc(C)ccc2c1.Clc1cc2ccc1s2. The summed E-state index contributed by atoms with van der Waals surface area (Å²) in [6.07, 6.45) is 0. The minimum Gasteiger partial charge on any atom is -0.497 e. The first kappa shape index (κ1) is 14.9. The van der Waals surface area contributed by atoms with Crippen molar-refractivity contribution in [3.8, 4) is 5.75 Å². The first-order valence-corrected chi connectivity index (χ1v) is 7.94. The maximum Gasteiger partial charge on any atom is 0.121 e. The third kappa shape index (κ3) is 2.93. The number of thiophene rings is 2. The maximum atomic E-state index is 5.86. The number of hydrogen-bond donors (Lipinski definition) is 1. The van der Waals surface area contributed by atoms with Crippen LogP contribution in [0, 0.1) is 6.92 Å². The predicted molar refractivity (Wildman–Crippen MR) is 95.5 cm³/mol. The largest absolute Gasteiger partial charge is 0.497 e. The van der Waals surface area contributed by atoms with Crippen LogP contribution in [0.25, 0.3) is 20.3 Å². The highest BCUT2D eigenvalue weighted by atomic mass is 35.5. The molecule has 0 fully saturated rings. The van der Waals surface area contributed by atoms with Crippen LogP contribution >= 0.6 is 22.9 Å². The van der Waals surface area contributed by atoms with Crippen molar-refractivity contribution in [1.82, 2.24) is 4.98 Å². The van der Waals surface area contributed by atoms with E-state index in [9.17, 15) is 0 Å². The molecule has 112 valence electrons. The normalized spacial score (nSPS) is 10.7. The molecule has 0 aliphatic rings. The Kier molecular flexibility index (Phi) is 4.05. The van der Waals surface area contributed by atoms with E-state index in [1.807, 2.05) is 37.3 Å². The second kappa shape index (κ2) is 5.99. The second-order valence-electron chi connectivity index (χ2n) is 4.94. The van der Waals surface area contributed by atoms with E-state index in [1.54, 1.807) is 24.5 Å². The number of pyridine rings is 1. The standard InChI is InChI=1S/C11H12N2O.C6H3ClS/c1-7-3-4-8-5-9(14-2)6-10(12)11(8)13-7;7-5-3-4-1-2-6(5)8-4/h3-6H,12H2,1-2H3;1-3H. The third-order valence-electron chi connectivity index (χ3n) is 3.30. The predicted octanol–water partition coefficient (Wildman–Crippen LogP) is 5.13. The lowest BCUT2D eigenvalue weighted by Crippen LogP contribution is -1.93. The molecule has 5 heteroatoms. The highest BCUT2D eigenvalue weighted by molar-refractivity contribution is 7.24. The monoisotopic (exact) mass is 330 g/mol. The van der Waals surface area contributed by atoms with Gasteiger partial charge < -0.3 is 10.5 Å². The lowest BCUT2D eigenvalue weighted by atomic mass is 10.1. The molecule has 3 nitrogen and oxygen atoms in total. The molecule has 0 aliphatic heterocycles. The third-order valence-corrected chi connectivity index (χ3v) is 4.79. The smallest absolute Gasteiger partial charge is 0.121 e. The van der Waals surface area contributed by atoms with Crippen molar-refractivity contribution in [2.75, 3.05) is 12.8 Å². The summed E-state index contributed by atoms with van der Waals surface area (Å²) in [6, 6.07) is 13.8. The molecule has 0 atom stereocenters. The van der Waals surface area contributed by atoms with Gasteiger partial charge in [-0.3, -0.25) is 4.98 Å². The Hall–Kier alpha value is -2.04. The zero-order valence-electron chi connectivity index (χ0n) is 12.3. The van der Waals surface area contributed by atoms with Gasteiger partial charge >= 0.3 is 0 Å². The fraction of sp³-hybridized carbons (Fsp3) is 0.118. The Morgan fingerprint density at radius 3 is 2.50 bits per heavy atom. The minimum absolute atomic E-state index is 0.656. The first-order chi connectivity index (χ1) is 10.6. The topological polar surface area (TPSA) is 48.1 Å². The van der Waals surface area contributed by atoms with Gasteiger partial charge in [-0.25, -0.2) is 0 Å². The summed E-state index contributed by atoms with van der Waals surface area (Å²) in [5.41, 5.74) is 8.32. The van der Waals surface area contributed by atoms with Crippen molar-refractivity contribution in [1.29, 1.82) is 0 Å². The fourth-order valence-electron chi connectivity index (χ4n) is 2.20. The lowest BCUT2D eigenvalue weighted by molar-refractivity contribution is 0.415. The van der Waals surface area contributed by atoms with Gasteiger partial charge in [0, 0.05) is 26.5 Å². The molecular weight excluding hydrogens is 316 g/mol. The molecule has 22 heavy (non-hydrogen) atoms. The highest BCUT2D eigenvalue weighted by Gasteiger charge is 2.03. The number of benzene rings is 2. The quantitative estimate of drug-likeness (QED) is 0.492. The maximum absolute atomic E-state index is 5.86. The number of fused-ring (bicyclic) bond motifs is 3. The summed E-state index contributed by atoms with van der Waals surface area (Å²) in [6.45, 7) is 1.95. The van der Waals surface area contributed by atoms with Crippen LogP contribution in [0.15, 0.2) is 42.5 Å². The zero-order valence-corrected chi connectivity index (χ0v) is 13.8. The number of halogens is 1. The van der Waals surface area contributed by atoms with Gasteiger partial charge in [0.25, 0.3) is 0 Å². The fourth-order valence-corrected chi connectivity index (χ4v) is 3.42. The number of ether oxygens (including phenoxy) is 1. The van der Waals surface area contributed by atoms with Crippen LogP contribution in [0.2, 0.25) is 5.02 Å². The average molecular weight is 331 g/mol. The van der Waals surface area contributed by atoms with E-state index in [1.165, 1.54) is 9.40 Å². The molecule has 3 aromatic heterocycles. The van der Waals surface area contributed by atoms with Crippen LogP contribution in [0.5, 0.6) is 5.75 Å². The number of nitrogen functional groups attached to an aromatic ring is 1. The Morgan fingerprint density at radius 1 is 1.14 bits per heavy atom. The Morgan fingerprint density at radius 2 is 1.95 bits per heavy atom. The number of nitrogens with zero attached hydrogens (tertiary/aromatic N) is 1. The van der Waals surface area contributed by atoms with Crippen molar-refractivity contribution in [3.63, 3.8) is 0 Å². The van der Waals surface area contributed by atoms with E-state index in [0.717, 1.165) is 27.4 Å². The van der Waals surface area contributed by atoms with E-state index in [2.05, 4.69) is 11.1 Å². The number of rotatable bonds is 1. The summed E-state index contributed by atoms with van der Waals surface area (Å²) < 4.78 is 7.59. The van der Waals surface area contributed by atoms with Gasteiger partial charge in [-0.2, -0.15) is 0 Å². The van der Waals surface area contributed by atoms with Gasteiger partial charge in [0.05, 0.1) is 23.3 Å². The van der Waals surface area contributed by atoms with Crippen LogP contribution in [-0.4, -0.2) is 12.1 Å². The van der Waals surface area contributed by atoms with Gasteiger partial charge in [-0.15, -0.1) is 11.3 Å². The Balaban J connectivity index is 0.000000151. The van der Waals surface area contributed by atoms with E-state index in [-0.39, 0.29) is 0 Å². The first-order valence-electron chi connectivity index (χ1n) is 6.75. The number of anilines is 1. The van der Waals surface area contributed by atoms with Crippen molar-refractivity contribution < 1.29 is 4.74 Å². The molecule has 2 N–H and O–H groups in total. The van der Waals surface area contributed by atoms with Crippen LogP contribution < -0.4 is 10.5 Å². The van der Waals surface area contributed by atoms with Gasteiger partial charge in [0.15, 0.2) is 0 Å². The second-order valence-corrected chi connectivity index (χ2v) is 6.46. The van der Waals surface area contributed by atoms with Crippen molar-refractivity contribution in [3.05, 3.63) is 53.2 Å². The molecule has 0 saturated carbocycles. The number of methoxy groups -OCH3 is 1. The molecular formula is C17H15ClN2OS. The number of aryl methyl sites for hydroxylation is 1. The van der Waals surface area contributed by atoms with E-state index in [4.69, 9.17) is 22.1 Å². The van der Waals surface area contributed by atoms with Crippen LogP contribution in [-0.2, 0) is 0 Å². The molecule has 0 unspecified atom stereocenters. The number of hydrogen-bond acceptors (Lipinski definition) is 4. The molecule has 4 rings (SSSR count). The summed E-state index contributed by atoms with van der Waals surface area (Å²) in [7, 11) is 1.63. The van der Waals surface area contributed by atoms with E-state index < -0.39 is 0 Å². The molecule has 3 heterocycles. The molecule has 0 radical (unpaired) electrons. The van der Waals surface area contributed by atoms with Gasteiger partial charge in [-0.1, -0.05) is 17.7 Å². The van der Waals surface area contributed by atoms with Crippen molar-refractivity contribution >= 4 is 48.9 Å². The van der Waals surface area contributed by atoms with Crippen LogP contribution in [0.4, 0.5) is 5.69 Å². The van der Waals surface area contributed by atoms with Crippen LogP contribution in [0.1, 0.15) is 5.69 Å². The average Bonchev–Trinajstić information content (AvgIpc) is 3.10. The summed E-state index contributed by atoms with van der Waals surface area (Å²) in [4.78, 5) is 4.37. The van der Waals surface area contributed by atoms with Gasteiger partial charge in [0.1, 0.15) is 5.75 Å². The van der Waals surface area contributed by atoms with Gasteiger partial charge in [-0.05, 0) is 37.3 Å². The Bertz CT molecular complexity index is 919. The summed E-state index contributed by atoms with van der Waals surface area (Å²) >= 11 is 7.48. The lowest BCUT2D eigenvalue weighted by Gasteiger charge is -2.05. The minimum atomic E-state index is 0.656. The zero-order chi connectivity index (χ0) is 15.7. The molecule has 1 aromatic carbocycles. The van der Waals surface area contributed by atoms with Gasteiger partial charge in [0.2, 0.25) is 0 Å². The molecule has 0 spiro atoms. The van der Waals surface area contributed by atoms with Crippen molar-refractivity contribution in [2.24, 2.45) is 0 Å². The molecule has 0 amide bonds. The highest BCUT2D eigenvalue weighted by Crippen LogP contribution is 2.31. The summed E-state index contributed by atoms with van der Waals surface area (Å²) in [5.74, 6) is 0.764. The van der Waals surface area contributed by atoms with E-state index >= 15 is 0 Å². The van der Waals surface area contributed by atoms with Crippen LogP contribution in [0.3, 0.4) is 0 Å².